The average molecular weight is 405 g/mol. The molecule has 2 saturated carbocycles. The molecule has 2 fully saturated rings. The Kier molecular flexibility index (Phi) is 68.7. The Morgan fingerprint density at radius 3 is 0.429 bits per heavy atom. The summed E-state index contributed by atoms with van der Waals surface area (Å²) in [6.45, 7) is 21.5. The fraction of sp³-hybridized carbons (Fsp3) is 1.00. The van der Waals surface area contributed by atoms with Crippen molar-refractivity contribution in [1.29, 1.82) is 0 Å². The van der Waals surface area contributed by atoms with Crippen LogP contribution in [0.15, 0.2) is 0 Å². The van der Waals surface area contributed by atoms with E-state index in [0.29, 0.717) is 0 Å². The molecule has 0 heterocycles. The molecule has 0 saturated heterocycles. The zero-order chi connectivity index (χ0) is 21.1. The van der Waals surface area contributed by atoms with Crippen molar-refractivity contribution in [1.82, 2.24) is 0 Å². The first-order valence-corrected chi connectivity index (χ1v) is 12.3. The fourth-order valence-electron chi connectivity index (χ4n) is 2.12. The number of rotatable bonds is 0. The van der Waals surface area contributed by atoms with Gasteiger partial charge >= 0.3 is 0 Å². The summed E-state index contributed by atoms with van der Waals surface area (Å²) in [6.07, 6.45) is 20.5. The van der Waals surface area contributed by atoms with Gasteiger partial charge in [-0.1, -0.05) is 174 Å². The highest BCUT2D eigenvalue weighted by molar-refractivity contribution is 4.51. The Labute approximate surface area is 186 Å². The van der Waals surface area contributed by atoms with Crippen LogP contribution in [-0.2, 0) is 0 Å². The molecule has 0 aliphatic heterocycles. The molecule has 0 bridgehead atoms. The van der Waals surface area contributed by atoms with Crippen molar-refractivity contribution in [2.75, 3.05) is 0 Å². The van der Waals surface area contributed by atoms with Crippen molar-refractivity contribution in [3.05, 3.63) is 0 Å². The molecule has 2 aliphatic rings. The van der Waals surface area contributed by atoms with Crippen molar-refractivity contribution in [3.8, 4) is 0 Å². The van der Waals surface area contributed by atoms with Gasteiger partial charge in [0, 0.05) is 0 Å². The molecule has 0 radical (unpaired) electrons. The quantitative estimate of drug-likeness (QED) is 0.376. The molecule has 0 nitrogen and oxygen atoms in total. The van der Waals surface area contributed by atoms with Crippen molar-refractivity contribution in [2.24, 2.45) is 11.8 Å². The van der Waals surface area contributed by atoms with E-state index in [1.807, 2.05) is 0 Å². The van der Waals surface area contributed by atoms with Gasteiger partial charge in [-0.2, -0.15) is 0 Å². The molecule has 0 aromatic rings. The van der Waals surface area contributed by atoms with Crippen LogP contribution >= 0.6 is 0 Å². The minimum atomic E-state index is 0. The fourth-order valence-corrected chi connectivity index (χ4v) is 2.12. The highest BCUT2D eigenvalue weighted by Crippen LogP contribution is 2.15. The van der Waals surface area contributed by atoms with Gasteiger partial charge in [0.1, 0.15) is 0 Å². The minimum Gasteiger partial charge on any atom is -0.0776 e. The average Bonchev–Trinajstić information content (AvgIpc) is 2.59. The second kappa shape index (κ2) is 45.6. The van der Waals surface area contributed by atoms with Gasteiger partial charge in [-0.25, -0.2) is 0 Å². The molecule has 0 atom stereocenters. The van der Waals surface area contributed by atoms with Gasteiger partial charge in [0.05, 0.1) is 0 Å². The summed E-state index contributed by atoms with van der Waals surface area (Å²) in [5.41, 5.74) is 0. The molecule has 0 spiro atoms. The molecular formula is C28H68. The lowest BCUT2D eigenvalue weighted by Gasteiger charge is -2.05. The molecule has 0 N–H and O–H groups in total. The second-order valence-electron chi connectivity index (χ2n) is 9.12. The zero-order valence-electron chi connectivity index (χ0n) is 21.1. The molecule has 28 heavy (non-hydrogen) atoms. The van der Waals surface area contributed by atoms with Crippen molar-refractivity contribution in [2.45, 2.75) is 174 Å². The van der Waals surface area contributed by atoms with Gasteiger partial charge in [-0.05, 0) is 11.8 Å². The van der Waals surface area contributed by atoms with Gasteiger partial charge in [0.25, 0.3) is 0 Å². The smallest absolute Gasteiger partial charge is 0.0500 e. The van der Waals surface area contributed by atoms with E-state index in [4.69, 9.17) is 0 Å². The van der Waals surface area contributed by atoms with Crippen LogP contribution in [0.4, 0.5) is 0 Å². The first-order valence-electron chi connectivity index (χ1n) is 12.3. The highest BCUT2D eigenvalue weighted by Gasteiger charge is 1.96. The zero-order valence-corrected chi connectivity index (χ0v) is 21.1. The molecular weight excluding hydrogens is 336 g/mol. The summed E-state index contributed by atoms with van der Waals surface area (Å²) in [5, 5.41) is 0. The van der Waals surface area contributed by atoms with E-state index in [0.717, 1.165) is 11.8 Å². The van der Waals surface area contributed by atoms with E-state index in [1.54, 1.807) is 0 Å². The molecule has 0 unspecified atom stereocenters. The van der Waals surface area contributed by atoms with Crippen LogP contribution < -0.4 is 0 Å². The van der Waals surface area contributed by atoms with Crippen LogP contribution in [0.2, 0.25) is 0 Å². The lowest BCUT2D eigenvalue weighted by atomic mass is 10.0. The van der Waals surface area contributed by atoms with Crippen LogP contribution in [0.25, 0.3) is 0 Å². The molecule has 2 aliphatic carbocycles. The lowest BCUT2D eigenvalue weighted by Crippen LogP contribution is -1.85. The van der Waals surface area contributed by atoms with Crippen LogP contribution in [0.3, 0.4) is 0 Å². The number of hydrogen-bond donors (Lipinski definition) is 0. The summed E-state index contributed by atoms with van der Waals surface area (Å²) >= 11 is 0. The largest absolute Gasteiger partial charge is 0.0776 e. The predicted molar refractivity (Wildman–Crippen MR) is 142 cm³/mol. The van der Waals surface area contributed by atoms with Gasteiger partial charge in [0.15, 0.2) is 0 Å². The monoisotopic (exact) mass is 405 g/mol. The van der Waals surface area contributed by atoms with E-state index in [2.05, 4.69) is 69.2 Å². The van der Waals surface area contributed by atoms with E-state index < -0.39 is 0 Å². The van der Waals surface area contributed by atoms with Crippen LogP contribution in [0.1, 0.15) is 174 Å². The molecule has 0 aromatic heterocycles. The first kappa shape index (κ1) is 42.2. The SMILES string of the molecule is C.C.C1CCCCC1.C1CCCCC1.CC(C)C.CC(C)C.CCC.CCC. The summed E-state index contributed by atoms with van der Waals surface area (Å²) in [5.74, 6) is 1.67. The van der Waals surface area contributed by atoms with Crippen molar-refractivity contribution in [3.63, 3.8) is 0 Å². The maximum Gasteiger partial charge on any atom is -0.0500 e. The van der Waals surface area contributed by atoms with Gasteiger partial charge < -0.3 is 0 Å². The van der Waals surface area contributed by atoms with Crippen LogP contribution in [-0.4, -0.2) is 0 Å². The Hall–Kier alpha value is 0. The van der Waals surface area contributed by atoms with Gasteiger partial charge in [0.2, 0.25) is 0 Å². The lowest BCUT2D eigenvalue weighted by molar-refractivity contribution is 0.504. The summed E-state index contributed by atoms with van der Waals surface area (Å²) in [4.78, 5) is 0. The van der Waals surface area contributed by atoms with E-state index in [9.17, 15) is 0 Å². The third-order valence-electron chi connectivity index (χ3n) is 3.00. The van der Waals surface area contributed by atoms with Crippen molar-refractivity contribution >= 4 is 0 Å². The van der Waals surface area contributed by atoms with Gasteiger partial charge in [-0.3, -0.25) is 0 Å². The summed E-state index contributed by atoms with van der Waals surface area (Å²) < 4.78 is 0. The summed E-state index contributed by atoms with van der Waals surface area (Å²) in [7, 11) is 0. The van der Waals surface area contributed by atoms with E-state index >= 15 is 0 Å². The third-order valence-corrected chi connectivity index (χ3v) is 3.00. The third kappa shape index (κ3) is 113. The molecule has 2 rings (SSSR count). The molecule has 0 heteroatoms. The Morgan fingerprint density at radius 1 is 0.357 bits per heavy atom. The second-order valence-corrected chi connectivity index (χ2v) is 9.12. The summed E-state index contributed by atoms with van der Waals surface area (Å²) in [6, 6.07) is 0. The molecule has 0 aromatic carbocycles. The minimum absolute atomic E-state index is 0. The Morgan fingerprint density at radius 2 is 0.393 bits per heavy atom. The Bertz CT molecular complexity index is 112. The standard InChI is InChI=1S/2C6H12.2C4H10.2C3H8.2CH4/c2*1-2-4-6-5-3-1;2*1-4(2)3;2*1-3-2;;/h2*1-6H2;2*4H,1-3H3;2*3H2,1-2H3;2*1H4. The Balaban J connectivity index is -0.0000000525. The maximum atomic E-state index is 2.17. The van der Waals surface area contributed by atoms with Gasteiger partial charge in [-0.15, -0.1) is 0 Å². The maximum absolute atomic E-state index is 2.17. The molecule has 180 valence electrons. The highest BCUT2D eigenvalue weighted by atomic mass is 14.0. The van der Waals surface area contributed by atoms with Crippen LogP contribution in [0, 0.1) is 11.8 Å². The predicted octanol–water partition coefficient (Wildman–Crippen LogP) is 12.1. The van der Waals surface area contributed by atoms with E-state index in [-0.39, 0.29) is 14.9 Å². The number of hydrogen-bond acceptors (Lipinski definition) is 0. The van der Waals surface area contributed by atoms with E-state index in [1.165, 1.54) is 89.9 Å². The first-order chi connectivity index (χ1) is 12.3. The van der Waals surface area contributed by atoms with Crippen molar-refractivity contribution < 1.29 is 0 Å². The topological polar surface area (TPSA) is 0 Å². The molecule has 0 amide bonds. The normalized spacial score (nSPS) is 14.1. The van der Waals surface area contributed by atoms with Crippen LogP contribution in [0.5, 0.6) is 0 Å².